The summed E-state index contributed by atoms with van der Waals surface area (Å²) in [6.45, 7) is 4.84. The Hall–Kier alpha value is -1.88. The number of hydrogen-bond acceptors (Lipinski definition) is 3. The lowest BCUT2D eigenvalue weighted by Gasteiger charge is -2.43. The second-order valence-corrected chi connectivity index (χ2v) is 10.1. The highest BCUT2D eigenvalue weighted by Crippen LogP contribution is 2.33. The summed E-state index contributed by atoms with van der Waals surface area (Å²) in [6, 6.07) is 8.56. The predicted molar refractivity (Wildman–Crippen MR) is 121 cm³/mol. The standard InChI is InChI=1S/C26H37N3O2/c30-25(22-10-4-5-11-22)28-17-15-27(16-18-28)24(21-8-2-3-9-21)26(31)29-14-13-20-7-1-6-12-23(20)19-29/h1,6-7,12,21-22,24H,2-5,8-11,13-19H2/t24-/m1/s1. The fraction of sp³-hybridized carbons (Fsp3) is 0.692. The highest BCUT2D eigenvalue weighted by Gasteiger charge is 2.40. The van der Waals surface area contributed by atoms with Crippen molar-refractivity contribution < 1.29 is 9.59 Å². The summed E-state index contributed by atoms with van der Waals surface area (Å²) in [4.78, 5) is 33.3. The molecule has 5 rings (SSSR count). The summed E-state index contributed by atoms with van der Waals surface area (Å²) < 4.78 is 0. The van der Waals surface area contributed by atoms with E-state index in [4.69, 9.17) is 0 Å². The average molecular weight is 424 g/mol. The smallest absolute Gasteiger partial charge is 0.240 e. The molecule has 3 fully saturated rings. The van der Waals surface area contributed by atoms with Crippen molar-refractivity contribution >= 4 is 11.8 Å². The van der Waals surface area contributed by atoms with Crippen molar-refractivity contribution in [1.29, 1.82) is 0 Å². The second kappa shape index (κ2) is 9.32. The lowest BCUT2D eigenvalue weighted by molar-refractivity contribution is -0.143. The highest BCUT2D eigenvalue weighted by molar-refractivity contribution is 5.83. The van der Waals surface area contributed by atoms with Gasteiger partial charge in [-0.15, -0.1) is 0 Å². The SMILES string of the molecule is O=C(C1CCCC1)N1CCN([C@@H](C(=O)N2CCc3ccccc3C2)C2CCCC2)CC1. The Morgan fingerprint density at radius 3 is 2.13 bits per heavy atom. The molecule has 31 heavy (non-hydrogen) atoms. The predicted octanol–water partition coefficient (Wildman–Crippen LogP) is 3.46. The Labute approximate surface area is 186 Å². The van der Waals surface area contributed by atoms with E-state index in [-0.39, 0.29) is 12.0 Å². The summed E-state index contributed by atoms with van der Waals surface area (Å²) in [7, 11) is 0. The first-order valence-electron chi connectivity index (χ1n) is 12.6. The molecule has 2 amide bonds. The number of rotatable bonds is 4. The minimum Gasteiger partial charge on any atom is -0.340 e. The van der Waals surface area contributed by atoms with E-state index in [2.05, 4.69) is 39.0 Å². The summed E-state index contributed by atoms with van der Waals surface area (Å²) in [5.74, 6) is 1.43. The van der Waals surface area contributed by atoms with Gasteiger partial charge in [-0.1, -0.05) is 49.9 Å². The maximum atomic E-state index is 13.8. The number of benzene rings is 1. The van der Waals surface area contributed by atoms with Gasteiger partial charge in [0.15, 0.2) is 0 Å². The molecule has 0 spiro atoms. The van der Waals surface area contributed by atoms with E-state index in [0.717, 1.165) is 58.5 Å². The Bertz CT molecular complexity index is 790. The van der Waals surface area contributed by atoms with Crippen molar-refractivity contribution in [3.05, 3.63) is 35.4 Å². The van der Waals surface area contributed by atoms with E-state index in [1.165, 1.54) is 49.7 Å². The lowest BCUT2D eigenvalue weighted by atomic mass is 9.92. The van der Waals surface area contributed by atoms with Gasteiger partial charge in [-0.2, -0.15) is 0 Å². The van der Waals surface area contributed by atoms with Gasteiger partial charge in [0.05, 0.1) is 6.04 Å². The Balaban J connectivity index is 1.26. The maximum Gasteiger partial charge on any atom is 0.240 e. The van der Waals surface area contributed by atoms with Crippen LogP contribution in [0, 0.1) is 11.8 Å². The molecule has 0 aromatic heterocycles. The van der Waals surface area contributed by atoms with E-state index < -0.39 is 0 Å². The van der Waals surface area contributed by atoms with Gasteiger partial charge in [0, 0.05) is 45.2 Å². The molecule has 1 saturated heterocycles. The number of carbonyl (C=O) groups is 2. The number of carbonyl (C=O) groups excluding carboxylic acids is 2. The Morgan fingerprint density at radius 1 is 0.774 bits per heavy atom. The highest BCUT2D eigenvalue weighted by atomic mass is 16.2. The van der Waals surface area contributed by atoms with Crippen LogP contribution in [-0.4, -0.2) is 65.3 Å². The van der Waals surface area contributed by atoms with Crippen LogP contribution < -0.4 is 0 Å². The van der Waals surface area contributed by atoms with Gasteiger partial charge < -0.3 is 9.80 Å². The van der Waals surface area contributed by atoms with Crippen LogP contribution >= 0.6 is 0 Å². The van der Waals surface area contributed by atoms with Crippen LogP contribution in [0.15, 0.2) is 24.3 Å². The van der Waals surface area contributed by atoms with Crippen LogP contribution in [0.1, 0.15) is 62.5 Å². The van der Waals surface area contributed by atoms with Crippen LogP contribution in [0.25, 0.3) is 0 Å². The Morgan fingerprint density at radius 2 is 1.42 bits per heavy atom. The van der Waals surface area contributed by atoms with Gasteiger partial charge in [0.2, 0.25) is 11.8 Å². The zero-order valence-electron chi connectivity index (χ0n) is 18.8. The van der Waals surface area contributed by atoms with Gasteiger partial charge in [-0.3, -0.25) is 14.5 Å². The summed E-state index contributed by atoms with van der Waals surface area (Å²) in [5, 5.41) is 0. The molecule has 0 N–H and O–H groups in total. The van der Waals surface area contributed by atoms with Crippen LogP contribution in [0.2, 0.25) is 0 Å². The molecule has 2 aliphatic heterocycles. The lowest BCUT2D eigenvalue weighted by Crippen LogP contribution is -2.59. The first-order chi connectivity index (χ1) is 15.2. The molecule has 2 heterocycles. The topological polar surface area (TPSA) is 43.9 Å². The molecule has 5 heteroatoms. The zero-order valence-corrected chi connectivity index (χ0v) is 18.8. The molecule has 0 bridgehead atoms. The number of hydrogen-bond donors (Lipinski definition) is 0. The molecule has 168 valence electrons. The fourth-order valence-electron chi connectivity index (χ4n) is 6.45. The van der Waals surface area contributed by atoms with E-state index >= 15 is 0 Å². The monoisotopic (exact) mass is 423 g/mol. The third-order valence-electron chi connectivity index (χ3n) is 8.27. The van der Waals surface area contributed by atoms with Crippen molar-refractivity contribution in [2.75, 3.05) is 32.7 Å². The van der Waals surface area contributed by atoms with E-state index in [9.17, 15) is 9.59 Å². The number of piperazine rings is 1. The van der Waals surface area contributed by atoms with Crippen molar-refractivity contribution in [2.24, 2.45) is 11.8 Å². The largest absolute Gasteiger partial charge is 0.340 e. The number of nitrogens with zero attached hydrogens (tertiary/aromatic N) is 3. The summed E-state index contributed by atoms with van der Waals surface area (Å²) >= 11 is 0. The van der Waals surface area contributed by atoms with Gasteiger partial charge in [-0.25, -0.2) is 0 Å². The molecule has 4 aliphatic rings. The van der Waals surface area contributed by atoms with Crippen LogP contribution in [0.4, 0.5) is 0 Å². The molecule has 1 aromatic carbocycles. The quantitative estimate of drug-likeness (QED) is 0.745. The minimum absolute atomic E-state index is 0.00325. The minimum atomic E-state index is -0.00325. The molecule has 5 nitrogen and oxygen atoms in total. The Kier molecular flexibility index (Phi) is 6.31. The summed E-state index contributed by atoms with van der Waals surface area (Å²) in [6.07, 6.45) is 10.3. The maximum absolute atomic E-state index is 13.8. The van der Waals surface area contributed by atoms with E-state index in [1.54, 1.807) is 0 Å². The number of amides is 2. The zero-order chi connectivity index (χ0) is 21.2. The fourth-order valence-corrected chi connectivity index (χ4v) is 6.45. The van der Waals surface area contributed by atoms with Crippen LogP contribution in [0.3, 0.4) is 0 Å². The van der Waals surface area contributed by atoms with Gasteiger partial charge in [0.1, 0.15) is 0 Å². The summed E-state index contributed by atoms with van der Waals surface area (Å²) in [5.41, 5.74) is 2.70. The van der Waals surface area contributed by atoms with Crippen molar-refractivity contribution in [3.63, 3.8) is 0 Å². The van der Waals surface area contributed by atoms with Gasteiger partial charge in [0.25, 0.3) is 0 Å². The van der Waals surface area contributed by atoms with Crippen LogP contribution in [-0.2, 0) is 22.6 Å². The first kappa shape index (κ1) is 21.0. The van der Waals surface area contributed by atoms with E-state index in [1.807, 2.05) is 0 Å². The first-order valence-corrected chi connectivity index (χ1v) is 12.6. The molecule has 1 aromatic rings. The van der Waals surface area contributed by atoms with Gasteiger partial charge >= 0.3 is 0 Å². The average Bonchev–Trinajstić information content (AvgIpc) is 3.54. The van der Waals surface area contributed by atoms with Crippen molar-refractivity contribution in [1.82, 2.24) is 14.7 Å². The molecule has 2 aliphatic carbocycles. The van der Waals surface area contributed by atoms with Crippen molar-refractivity contribution in [3.8, 4) is 0 Å². The van der Waals surface area contributed by atoms with Crippen molar-refractivity contribution in [2.45, 2.75) is 70.4 Å². The second-order valence-electron chi connectivity index (χ2n) is 10.1. The van der Waals surface area contributed by atoms with E-state index in [0.29, 0.717) is 17.7 Å². The molecule has 0 radical (unpaired) electrons. The molecule has 2 saturated carbocycles. The van der Waals surface area contributed by atoms with Crippen LogP contribution in [0.5, 0.6) is 0 Å². The normalized spacial score (nSPS) is 24.4. The molecular weight excluding hydrogens is 386 g/mol. The third-order valence-corrected chi connectivity index (χ3v) is 8.27. The van der Waals surface area contributed by atoms with Gasteiger partial charge in [-0.05, 0) is 49.1 Å². The molecular formula is C26H37N3O2. The third kappa shape index (κ3) is 4.39. The number of fused-ring (bicyclic) bond motifs is 1. The molecule has 1 atom stereocenters. The molecule has 0 unspecified atom stereocenters.